The van der Waals surface area contributed by atoms with Crippen LogP contribution in [0.5, 0.6) is 0 Å². The Hall–Kier alpha value is -0.540. The van der Waals surface area contributed by atoms with E-state index in [4.69, 9.17) is 11.6 Å². The number of alkyl halides is 1. The molecule has 1 amide bonds. The first-order chi connectivity index (χ1) is 6.27. The molecule has 1 aliphatic rings. The van der Waals surface area contributed by atoms with Gasteiger partial charge in [0.15, 0.2) is 0 Å². The summed E-state index contributed by atoms with van der Waals surface area (Å²) in [7, 11) is 0. The molecule has 0 unspecified atom stereocenters. The molecule has 4 heteroatoms. The van der Waals surface area contributed by atoms with E-state index in [0.29, 0.717) is 0 Å². The quantitative estimate of drug-likeness (QED) is 0.493. The van der Waals surface area contributed by atoms with E-state index in [1.165, 1.54) is 0 Å². The summed E-state index contributed by atoms with van der Waals surface area (Å²) in [6, 6.07) is 0. The predicted octanol–water partition coefficient (Wildman–Crippen LogP) is 0.555. The van der Waals surface area contributed by atoms with Crippen LogP contribution in [0.25, 0.3) is 0 Å². The molecule has 0 radical (unpaired) electrons. The van der Waals surface area contributed by atoms with Gasteiger partial charge in [-0.1, -0.05) is 6.08 Å². The summed E-state index contributed by atoms with van der Waals surface area (Å²) in [5, 5.41) is 0. The van der Waals surface area contributed by atoms with Gasteiger partial charge in [-0.15, -0.1) is 18.2 Å². The van der Waals surface area contributed by atoms with E-state index in [1.807, 2.05) is 11.0 Å². The molecule has 0 aromatic carbocycles. The second-order valence-electron chi connectivity index (χ2n) is 3.10. The third kappa shape index (κ3) is 3.01. The average Bonchev–Trinajstić information content (AvgIpc) is 2.18. The van der Waals surface area contributed by atoms with Gasteiger partial charge in [0.25, 0.3) is 0 Å². The lowest BCUT2D eigenvalue weighted by atomic mass is 10.3. The van der Waals surface area contributed by atoms with Crippen molar-refractivity contribution in [2.45, 2.75) is 0 Å². The molecular weight excluding hydrogens is 188 g/mol. The van der Waals surface area contributed by atoms with Crippen molar-refractivity contribution in [3.63, 3.8) is 0 Å². The van der Waals surface area contributed by atoms with Crippen LogP contribution in [0.3, 0.4) is 0 Å². The molecule has 1 rings (SSSR count). The van der Waals surface area contributed by atoms with Crippen LogP contribution in [-0.2, 0) is 4.79 Å². The van der Waals surface area contributed by atoms with E-state index in [2.05, 4.69) is 11.5 Å². The van der Waals surface area contributed by atoms with Crippen molar-refractivity contribution < 1.29 is 4.79 Å². The van der Waals surface area contributed by atoms with Crippen molar-refractivity contribution >= 4 is 17.5 Å². The summed E-state index contributed by atoms with van der Waals surface area (Å²) in [4.78, 5) is 15.3. The van der Waals surface area contributed by atoms with E-state index in [1.54, 1.807) is 0 Å². The maximum Gasteiger partial charge on any atom is 0.237 e. The Balaban J connectivity index is 2.30. The fourth-order valence-electron chi connectivity index (χ4n) is 1.45. The Kier molecular flexibility index (Phi) is 4.25. The zero-order valence-corrected chi connectivity index (χ0v) is 8.46. The third-order valence-corrected chi connectivity index (χ3v) is 2.46. The lowest BCUT2D eigenvalue weighted by Crippen LogP contribution is -2.48. The van der Waals surface area contributed by atoms with Gasteiger partial charge in [0.05, 0.1) is 0 Å². The Bertz CT molecular complexity index is 188. The monoisotopic (exact) mass is 202 g/mol. The molecule has 0 bridgehead atoms. The van der Waals surface area contributed by atoms with Crippen molar-refractivity contribution in [3.8, 4) is 0 Å². The summed E-state index contributed by atoms with van der Waals surface area (Å²) in [6.45, 7) is 8.02. The Labute approximate surface area is 83.9 Å². The van der Waals surface area contributed by atoms with Crippen LogP contribution in [0.1, 0.15) is 0 Å². The van der Waals surface area contributed by atoms with Crippen molar-refractivity contribution in [2.24, 2.45) is 0 Å². The van der Waals surface area contributed by atoms with Crippen LogP contribution in [0.4, 0.5) is 0 Å². The van der Waals surface area contributed by atoms with Crippen molar-refractivity contribution in [1.29, 1.82) is 0 Å². The second-order valence-corrected chi connectivity index (χ2v) is 3.37. The summed E-state index contributed by atoms with van der Waals surface area (Å²) in [5.41, 5.74) is 0. The molecule has 0 spiro atoms. The normalized spacial score (nSPS) is 18.7. The molecule has 0 aliphatic carbocycles. The summed E-state index contributed by atoms with van der Waals surface area (Å²) in [5.74, 6) is 0.140. The summed E-state index contributed by atoms with van der Waals surface area (Å²) < 4.78 is 0. The molecule has 3 nitrogen and oxygen atoms in total. The average molecular weight is 203 g/mol. The lowest BCUT2D eigenvalue weighted by Gasteiger charge is -2.33. The Morgan fingerprint density at radius 3 is 2.46 bits per heavy atom. The second kappa shape index (κ2) is 5.25. The number of carbonyl (C=O) groups is 1. The molecule has 0 aromatic heterocycles. The topological polar surface area (TPSA) is 23.6 Å². The van der Waals surface area contributed by atoms with Gasteiger partial charge in [-0.2, -0.15) is 0 Å². The first-order valence-corrected chi connectivity index (χ1v) is 4.98. The lowest BCUT2D eigenvalue weighted by molar-refractivity contribution is -0.130. The van der Waals surface area contributed by atoms with Gasteiger partial charge in [-0.25, -0.2) is 0 Å². The number of piperazine rings is 1. The summed E-state index contributed by atoms with van der Waals surface area (Å²) in [6.07, 6.45) is 1.89. The number of rotatable bonds is 3. The molecule has 1 saturated heterocycles. The SMILES string of the molecule is C=CCN1CCN(C(=O)CCl)CC1. The molecule has 0 atom stereocenters. The van der Waals surface area contributed by atoms with Crippen LogP contribution in [-0.4, -0.2) is 54.3 Å². The first kappa shape index (κ1) is 10.5. The van der Waals surface area contributed by atoms with Gasteiger partial charge in [0, 0.05) is 32.7 Å². The van der Waals surface area contributed by atoms with E-state index < -0.39 is 0 Å². The number of carbonyl (C=O) groups excluding carboxylic acids is 1. The maximum atomic E-state index is 11.2. The Morgan fingerprint density at radius 1 is 1.38 bits per heavy atom. The number of amides is 1. The van der Waals surface area contributed by atoms with Crippen LogP contribution in [0.15, 0.2) is 12.7 Å². The molecule has 1 fully saturated rings. The smallest absolute Gasteiger partial charge is 0.237 e. The molecule has 0 N–H and O–H groups in total. The predicted molar refractivity (Wildman–Crippen MR) is 53.9 cm³/mol. The van der Waals surface area contributed by atoms with E-state index in [9.17, 15) is 4.79 Å². The highest BCUT2D eigenvalue weighted by atomic mass is 35.5. The zero-order valence-electron chi connectivity index (χ0n) is 7.71. The fraction of sp³-hybridized carbons (Fsp3) is 0.667. The highest BCUT2D eigenvalue weighted by Gasteiger charge is 2.18. The number of nitrogens with zero attached hydrogens (tertiary/aromatic N) is 2. The number of hydrogen-bond acceptors (Lipinski definition) is 2. The van der Waals surface area contributed by atoms with E-state index in [0.717, 1.165) is 32.7 Å². The van der Waals surface area contributed by atoms with Crippen molar-refractivity contribution in [2.75, 3.05) is 38.6 Å². The summed E-state index contributed by atoms with van der Waals surface area (Å²) >= 11 is 5.46. The maximum absolute atomic E-state index is 11.2. The van der Waals surface area contributed by atoms with Crippen LogP contribution >= 0.6 is 11.6 Å². The standard InChI is InChI=1S/C9H15ClN2O/c1-2-3-11-4-6-12(7-5-11)9(13)8-10/h2H,1,3-8H2. The van der Waals surface area contributed by atoms with Crippen LogP contribution in [0.2, 0.25) is 0 Å². The molecule has 1 aliphatic heterocycles. The van der Waals surface area contributed by atoms with Crippen molar-refractivity contribution in [3.05, 3.63) is 12.7 Å². The van der Waals surface area contributed by atoms with Gasteiger partial charge in [0.1, 0.15) is 5.88 Å². The largest absolute Gasteiger partial charge is 0.339 e. The highest BCUT2D eigenvalue weighted by Crippen LogP contribution is 2.02. The first-order valence-electron chi connectivity index (χ1n) is 4.45. The minimum Gasteiger partial charge on any atom is -0.339 e. The molecule has 0 aromatic rings. The number of halogens is 1. The van der Waals surface area contributed by atoms with Gasteiger partial charge in [0.2, 0.25) is 5.91 Å². The molecule has 13 heavy (non-hydrogen) atoms. The molecular formula is C9H15ClN2O. The Morgan fingerprint density at radius 2 is 2.00 bits per heavy atom. The molecule has 74 valence electrons. The minimum absolute atomic E-state index is 0.0416. The van der Waals surface area contributed by atoms with Crippen LogP contribution in [0, 0.1) is 0 Å². The fourth-order valence-corrected chi connectivity index (χ4v) is 1.62. The molecule has 0 saturated carbocycles. The van der Waals surface area contributed by atoms with Gasteiger partial charge >= 0.3 is 0 Å². The van der Waals surface area contributed by atoms with Crippen LogP contribution < -0.4 is 0 Å². The number of hydrogen-bond donors (Lipinski definition) is 0. The van der Waals surface area contributed by atoms with Crippen molar-refractivity contribution in [1.82, 2.24) is 9.80 Å². The van der Waals surface area contributed by atoms with Gasteiger partial charge in [-0.05, 0) is 0 Å². The minimum atomic E-state index is 0.0416. The van der Waals surface area contributed by atoms with E-state index >= 15 is 0 Å². The van der Waals surface area contributed by atoms with E-state index in [-0.39, 0.29) is 11.8 Å². The van der Waals surface area contributed by atoms with Gasteiger partial charge < -0.3 is 4.90 Å². The zero-order chi connectivity index (χ0) is 9.68. The highest BCUT2D eigenvalue weighted by molar-refractivity contribution is 6.27. The molecule has 1 heterocycles. The van der Waals surface area contributed by atoms with Gasteiger partial charge in [-0.3, -0.25) is 9.69 Å². The third-order valence-electron chi connectivity index (χ3n) is 2.23.